The Labute approximate surface area is 210 Å². The Morgan fingerprint density at radius 3 is 2.26 bits per heavy atom. The number of benzene rings is 3. The van der Waals surface area contributed by atoms with Crippen LogP contribution in [0.15, 0.2) is 90.3 Å². The fraction of sp³-hybridized carbons (Fsp3) is 0.161. The van der Waals surface area contributed by atoms with Crippen LogP contribution in [0.25, 0.3) is 21.5 Å². The molecule has 3 nitrogen and oxygen atoms in total. The van der Waals surface area contributed by atoms with Gasteiger partial charge in [0.1, 0.15) is 5.75 Å². The molecule has 0 spiro atoms. The Morgan fingerprint density at radius 1 is 0.857 bits per heavy atom. The van der Waals surface area contributed by atoms with Crippen LogP contribution in [0.5, 0.6) is 5.75 Å². The lowest BCUT2D eigenvalue weighted by Gasteiger charge is -2.26. The molecule has 0 unspecified atom stereocenters. The summed E-state index contributed by atoms with van der Waals surface area (Å²) in [6.45, 7) is 8.46. The van der Waals surface area contributed by atoms with Crippen LogP contribution >= 0.6 is 11.3 Å². The topological polar surface area (TPSA) is 39.2 Å². The lowest BCUT2D eigenvalue weighted by atomic mass is 9.78. The summed E-state index contributed by atoms with van der Waals surface area (Å²) in [6.07, 6.45) is 0. The third-order valence-electron chi connectivity index (χ3n) is 6.52. The average molecular weight is 478 g/mol. The third kappa shape index (κ3) is 4.50. The second-order valence-corrected chi connectivity index (χ2v) is 10.4. The molecule has 0 N–H and O–H groups in total. The number of pyridine rings is 1. The van der Waals surface area contributed by atoms with E-state index in [-0.39, 0.29) is 11.4 Å². The molecule has 4 heteroatoms. The molecule has 0 amide bonds. The highest BCUT2D eigenvalue weighted by atomic mass is 32.1. The van der Waals surface area contributed by atoms with Gasteiger partial charge in [0.05, 0.1) is 21.7 Å². The van der Waals surface area contributed by atoms with Crippen molar-refractivity contribution in [2.24, 2.45) is 0 Å². The van der Waals surface area contributed by atoms with Crippen molar-refractivity contribution in [2.45, 2.75) is 33.1 Å². The zero-order valence-electron chi connectivity index (χ0n) is 20.3. The second-order valence-electron chi connectivity index (χ2n) is 9.42. The van der Waals surface area contributed by atoms with E-state index < -0.39 is 0 Å². The monoisotopic (exact) mass is 477 g/mol. The zero-order chi connectivity index (χ0) is 24.6. The van der Waals surface area contributed by atoms with Gasteiger partial charge in [-0.1, -0.05) is 74.0 Å². The van der Waals surface area contributed by atoms with E-state index in [2.05, 4.69) is 44.2 Å². The standard InChI is InChI=1S/C31H27NO2S/c1-20-17-21(2)29-25(18-20)26(19-27(32-29)28-11-8-16-35-28)30(33)34-24-14-12-23(13-15-24)31(3,4)22-9-6-5-7-10-22/h5-19H,1-4H3. The van der Waals surface area contributed by atoms with E-state index in [4.69, 9.17) is 9.72 Å². The number of aromatic nitrogens is 1. The highest BCUT2D eigenvalue weighted by Crippen LogP contribution is 2.33. The third-order valence-corrected chi connectivity index (χ3v) is 7.42. The minimum atomic E-state index is -0.379. The van der Waals surface area contributed by atoms with Gasteiger partial charge >= 0.3 is 5.97 Å². The van der Waals surface area contributed by atoms with Gasteiger partial charge in [-0.05, 0) is 66.2 Å². The molecule has 0 saturated heterocycles. The number of esters is 1. The molecule has 0 atom stereocenters. The molecule has 5 aromatic rings. The largest absolute Gasteiger partial charge is 0.423 e. The Hall–Kier alpha value is -3.76. The number of ether oxygens (including phenoxy) is 1. The molecule has 3 aromatic carbocycles. The van der Waals surface area contributed by atoms with Crippen molar-refractivity contribution in [3.63, 3.8) is 0 Å². The molecule has 5 rings (SSSR count). The van der Waals surface area contributed by atoms with Crippen LogP contribution in [0.2, 0.25) is 0 Å². The lowest BCUT2D eigenvalue weighted by Crippen LogP contribution is -2.18. The molecule has 0 bridgehead atoms. The predicted octanol–water partition coefficient (Wildman–Crippen LogP) is 8.13. The van der Waals surface area contributed by atoms with E-state index in [9.17, 15) is 4.79 Å². The number of hydrogen-bond donors (Lipinski definition) is 0. The first-order valence-electron chi connectivity index (χ1n) is 11.7. The van der Waals surface area contributed by atoms with E-state index >= 15 is 0 Å². The van der Waals surface area contributed by atoms with Gasteiger partial charge in [-0.25, -0.2) is 9.78 Å². The van der Waals surface area contributed by atoms with Crippen molar-refractivity contribution in [2.75, 3.05) is 0 Å². The van der Waals surface area contributed by atoms with Gasteiger partial charge in [-0.15, -0.1) is 11.3 Å². The van der Waals surface area contributed by atoms with E-state index in [0.717, 1.165) is 38.2 Å². The molecule has 0 saturated carbocycles. The van der Waals surface area contributed by atoms with E-state index in [1.807, 2.05) is 73.8 Å². The van der Waals surface area contributed by atoms with E-state index in [0.29, 0.717) is 11.3 Å². The van der Waals surface area contributed by atoms with Crippen LogP contribution in [0.3, 0.4) is 0 Å². The van der Waals surface area contributed by atoms with Crippen LogP contribution in [0, 0.1) is 13.8 Å². The van der Waals surface area contributed by atoms with Crippen molar-refractivity contribution in [3.05, 3.63) is 118 Å². The fourth-order valence-electron chi connectivity index (χ4n) is 4.52. The summed E-state index contributed by atoms with van der Waals surface area (Å²) in [6, 6.07) is 28.2. The molecule has 2 heterocycles. The number of hydrogen-bond acceptors (Lipinski definition) is 4. The first kappa shape index (κ1) is 23.0. The fourth-order valence-corrected chi connectivity index (χ4v) is 5.21. The number of carbonyl (C=O) groups is 1. The van der Waals surface area contributed by atoms with Crippen molar-refractivity contribution < 1.29 is 9.53 Å². The Bertz CT molecular complexity index is 1500. The normalized spacial score (nSPS) is 11.5. The van der Waals surface area contributed by atoms with Gasteiger partial charge in [-0.3, -0.25) is 0 Å². The van der Waals surface area contributed by atoms with Crippen LogP contribution in [0.1, 0.15) is 46.5 Å². The van der Waals surface area contributed by atoms with Gasteiger partial charge in [0, 0.05) is 10.8 Å². The number of thiophene rings is 1. The molecule has 35 heavy (non-hydrogen) atoms. The minimum absolute atomic E-state index is 0.157. The molecule has 0 aliphatic carbocycles. The number of aryl methyl sites for hydroxylation is 2. The zero-order valence-corrected chi connectivity index (χ0v) is 21.1. The highest BCUT2D eigenvalue weighted by molar-refractivity contribution is 7.13. The van der Waals surface area contributed by atoms with E-state index in [1.54, 1.807) is 11.3 Å². The maximum atomic E-state index is 13.4. The summed E-state index contributed by atoms with van der Waals surface area (Å²) in [5.74, 6) is 0.143. The molecular formula is C31H27NO2S. The molecule has 0 fully saturated rings. The van der Waals surface area contributed by atoms with Gasteiger partial charge in [0.25, 0.3) is 0 Å². The number of nitrogens with zero attached hydrogens (tertiary/aromatic N) is 1. The minimum Gasteiger partial charge on any atom is -0.423 e. The SMILES string of the molecule is Cc1cc(C)c2nc(-c3cccs3)cc(C(=O)Oc3ccc(C(C)(C)c4ccccc4)cc3)c2c1. The van der Waals surface area contributed by atoms with Gasteiger partial charge in [0.15, 0.2) is 0 Å². The molecule has 0 radical (unpaired) electrons. The lowest BCUT2D eigenvalue weighted by molar-refractivity contribution is 0.0737. The Morgan fingerprint density at radius 2 is 1.57 bits per heavy atom. The first-order chi connectivity index (χ1) is 16.8. The van der Waals surface area contributed by atoms with Crippen LogP contribution < -0.4 is 4.74 Å². The first-order valence-corrected chi connectivity index (χ1v) is 12.5. The molecule has 0 aliphatic heterocycles. The van der Waals surface area contributed by atoms with Crippen molar-refractivity contribution in [3.8, 4) is 16.3 Å². The summed E-state index contributed by atoms with van der Waals surface area (Å²) in [4.78, 5) is 19.3. The summed E-state index contributed by atoms with van der Waals surface area (Å²) < 4.78 is 5.87. The van der Waals surface area contributed by atoms with E-state index in [1.165, 1.54) is 5.56 Å². The van der Waals surface area contributed by atoms with Crippen LogP contribution in [-0.2, 0) is 5.41 Å². The summed E-state index contributed by atoms with van der Waals surface area (Å²) in [5, 5.41) is 2.83. The molecular weight excluding hydrogens is 450 g/mol. The van der Waals surface area contributed by atoms with Crippen molar-refractivity contribution >= 4 is 28.2 Å². The summed E-state index contributed by atoms with van der Waals surface area (Å²) in [5.41, 5.74) is 6.50. The van der Waals surface area contributed by atoms with Gasteiger partial charge in [-0.2, -0.15) is 0 Å². The van der Waals surface area contributed by atoms with Crippen molar-refractivity contribution in [1.29, 1.82) is 0 Å². The average Bonchev–Trinajstić information content (AvgIpc) is 3.39. The highest BCUT2D eigenvalue weighted by Gasteiger charge is 2.23. The van der Waals surface area contributed by atoms with Crippen molar-refractivity contribution in [1.82, 2.24) is 4.98 Å². The number of fused-ring (bicyclic) bond motifs is 1. The number of carbonyl (C=O) groups excluding carboxylic acids is 1. The molecule has 2 aromatic heterocycles. The Kier molecular flexibility index (Phi) is 6.00. The summed E-state index contributed by atoms with van der Waals surface area (Å²) >= 11 is 1.61. The molecule has 174 valence electrons. The van der Waals surface area contributed by atoms with Gasteiger partial charge in [0.2, 0.25) is 0 Å². The number of rotatable bonds is 5. The maximum Gasteiger partial charge on any atom is 0.344 e. The summed E-state index contributed by atoms with van der Waals surface area (Å²) in [7, 11) is 0. The van der Waals surface area contributed by atoms with Crippen LogP contribution in [0.4, 0.5) is 0 Å². The van der Waals surface area contributed by atoms with Gasteiger partial charge < -0.3 is 4.74 Å². The second kappa shape index (κ2) is 9.12. The quantitative estimate of drug-likeness (QED) is 0.189. The van der Waals surface area contributed by atoms with Crippen LogP contribution in [-0.4, -0.2) is 11.0 Å². The Balaban J connectivity index is 1.49. The maximum absolute atomic E-state index is 13.4. The predicted molar refractivity (Wildman–Crippen MR) is 145 cm³/mol. The smallest absolute Gasteiger partial charge is 0.344 e. The molecule has 0 aliphatic rings.